The fraction of sp³-hybridized carbons (Fsp3) is 0.632. The van der Waals surface area contributed by atoms with Crippen LogP contribution >= 0.6 is 35.5 Å². The molecule has 1 saturated carbocycles. The first-order chi connectivity index (χ1) is 12.6. The molecule has 8 heteroatoms. The highest BCUT2D eigenvalue weighted by Crippen LogP contribution is 2.34. The lowest BCUT2D eigenvalue weighted by atomic mass is 10.0. The van der Waals surface area contributed by atoms with E-state index in [-0.39, 0.29) is 18.3 Å². The Morgan fingerprint density at radius 1 is 1.26 bits per heavy atom. The number of carbonyl (C=O) groups is 1. The zero-order valence-electron chi connectivity index (χ0n) is 15.9. The van der Waals surface area contributed by atoms with Crippen LogP contribution < -0.4 is 5.32 Å². The van der Waals surface area contributed by atoms with Crippen molar-refractivity contribution in [3.05, 3.63) is 16.8 Å². The van der Waals surface area contributed by atoms with Gasteiger partial charge in [-0.25, -0.2) is 9.97 Å². The molecular weight excluding hydrogens is 400 g/mol. The number of thiophene rings is 1. The van der Waals surface area contributed by atoms with Crippen LogP contribution in [0, 0.1) is 19.8 Å². The average Bonchev–Trinajstić information content (AvgIpc) is 3.44. The van der Waals surface area contributed by atoms with Gasteiger partial charge in [-0.2, -0.15) is 0 Å². The lowest BCUT2D eigenvalue weighted by molar-refractivity contribution is -0.129. The van der Waals surface area contributed by atoms with Crippen molar-refractivity contribution in [3.8, 4) is 0 Å². The van der Waals surface area contributed by atoms with E-state index >= 15 is 0 Å². The van der Waals surface area contributed by atoms with Crippen LogP contribution in [0.2, 0.25) is 0 Å². The fourth-order valence-electron chi connectivity index (χ4n) is 3.47. The largest absolute Gasteiger partial charge is 0.342 e. The summed E-state index contributed by atoms with van der Waals surface area (Å²) < 4.78 is 0. The van der Waals surface area contributed by atoms with Crippen LogP contribution in [-0.2, 0) is 4.79 Å². The number of amides is 1. The Morgan fingerprint density at radius 2 is 2.00 bits per heavy atom. The third kappa shape index (κ3) is 4.94. The van der Waals surface area contributed by atoms with E-state index in [0.717, 1.165) is 53.6 Å². The van der Waals surface area contributed by atoms with Gasteiger partial charge in [0.2, 0.25) is 5.91 Å². The molecule has 1 aliphatic heterocycles. The molecule has 0 bridgehead atoms. The van der Waals surface area contributed by atoms with Gasteiger partial charge in [-0.15, -0.1) is 23.7 Å². The van der Waals surface area contributed by atoms with Crippen LogP contribution in [0.3, 0.4) is 0 Å². The zero-order valence-corrected chi connectivity index (χ0v) is 18.3. The summed E-state index contributed by atoms with van der Waals surface area (Å²) in [6.45, 7) is 7.14. The van der Waals surface area contributed by atoms with Crippen molar-refractivity contribution in [2.75, 3.05) is 25.4 Å². The van der Waals surface area contributed by atoms with E-state index in [4.69, 9.17) is 0 Å². The maximum Gasteiger partial charge on any atom is 0.232 e. The normalized spacial score (nSPS) is 17.9. The van der Waals surface area contributed by atoms with Crippen LogP contribution in [-0.4, -0.2) is 52.2 Å². The second kappa shape index (κ2) is 9.07. The lowest BCUT2D eigenvalue weighted by Crippen LogP contribution is -2.45. The van der Waals surface area contributed by atoms with Crippen LogP contribution in [0.1, 0.15) is 36.1 Å². The molecule has 1 N–H and O–H groups in total. The van der Waals surface area contributed by atoms with Gasteiger partial charge in [0.25, 0.3) is 0 Å². The Morgan fingerprint density at radius 3 is 2.70 bits per heavy atom. The molecular formula is C19H27ClN4OS2. The second-order valence-electron chi connectivity index (χ2n) is 7.44. The highest BCUT2D eigenvalue weighted by atomic mass is 35.5. The quantitative estimate of drug-likeness (QED) is 0.562. The molecule has 1 saturated heterocycles. The van der Waals surface area contributed by atoms with Crippen molar-refractivity contribution in [3.63, 3.8) is 0 Å². The van der Waals surface area contributed by atoms with E-state index in [1.807, 2.05) is 4.90 Å². The van der Waals surface area contributed by atoms with E-state index in [1.54, 1.807) is 29.4 Å². The molecule has 3 heterocycles. The Balaban J connectivity index is 0.00000210. The molecule has 2 fully saturated rings. The van der Waals surface area contributed by atoms with Gasteiger partial charge >= 0.3 is 0 Å². The van der Waals surface area contributed by atoms with Crippen molar-refractivity contribution in [2.24, 2.45) is 5.92 Å². The van der Waals surface area contributed by atoms with Gasteiger partial charge < -0.3 is 10.2 Å². The highest BCUT2D eigenvalue weighted by Gasteiger charge is 2.26. The summed E-state index contributed by atoms with van der Waals surface area (Å²) >= 11 is 3.25. The van der Waals surface area contributed by atoms with E-state index in [2.05, 4.69) is 29.1 Å². The molecule has 0 radical (unpaired) electrons. The molecule has 2 aliphatic rings. The summed E-state index contributed by atoms with van der Waals surface area (Å²) in [6, 6.07) is 0.588. The molecule has 4 rings (SSSR count). The third-order valence-electron chi connectivity index (χ3n) is 5.50. The molecule has 5 nitrogen and oxygen atoms in total. The van der Waals surface area contributed by atoms with Crippen LogP contribution in [0.5, 0.6) is 0 Å². The van der Waals surface area contributed by atoms with E-state index in [1.165, 1.54) is 23.3 Å². The summed E-state index contributed by atoms with van der Waals surface area (Å²) in [5, 5.41) is 5.73. The van der Waals surface area contributed by atoms with Gasteiger partial charge in [-0.05, 0) is 57.6 Å². The number of aromatic nitrogens is 2. The molecule has 27 heavy (non-hydrogen) atoms. The van der Waals surface area contributed by atoms with Gasteiger partial charge in [-0.3, -0.25) is 4.79 Å². The first-order valence-electron chi connectivity index (χ1n) is 9.46. The predicted octanol–water partition coefficient (Wildman–Crippen LogP) is 3.81. The number of fused-ring (bicyclic) bond motifs is 1. The maximum atomic E-state index is 12.6. The topological polar surface area (TPSA) is 58.1 Å². The standard InChI is InChI=1S/C19H26N4OS2.ClH/c1-12-13(2)26-19-17(12)18(21-11-22-19)25-10-16(24)23-7-5-15(6-8-23)20-9-14-3-4-14;/h11,14-15,20H,3-10H2,1-2H3;1H. The fourth-order valence-corrected chi connectivity index (χ4v) is 5.49. The summed E-state index contributed by atoms with van der Waals surface area (Å²) in [7, 11) is 0. The minimum absolute atomic E-state index is 0. The Labute approximate surface area is 175 Å². The summed E-state index contributed by atoms with van der Waals surface area (Å²) in [5.41, 5.74) is 1.24. The second-order valence-corrected chi connectivity index (χ2v) is 9.60. The summed E-state index contributed by atoms with van der Waals surface area (Å²) in [4.78, 5) is 25.7. The molecule has 2 aromatic rings. The van der Waals surface area contributed by atoms with Crippen molar-refractivity contribution < 1.29 is 4.79 Å². The first kappa shape index (κ1) is 20.8. The van der Waals surface area contributed by atoms with Gasteiger partial charge in [0, 0.05) is 29.4 Å². The molecule has 0 atom stereocenters. The highest BCUT2D eigenvalue weighted by molar-refractivity contribution is 8.00. The van der Waals surface area contributed by atoms with Crippen LogP contribution in [0.25, 0.3) is 10.2 Å². The molecule has 148 valence electrons. The Kier molecular flexibility index (Phi) is 7.00. The number of thioether (sulfide) groups is 1. The predicted molar refractivity (Wildman–Crippen MR) is 115 cm³/mol. The number of hydrogen-bond donors (Lipinski definition) is 1. The first-order valence-corrected chi connectivity index (χ1v) is 11.3. The van der Waals surface area contributed by atoms with E-state index in [9.17, 15) is 4.79 Å². The molecule has 0 spiro atoms. The Bertz CT molecular complexity index is 800. The number of hydrogen-bond acceptors (Lipinski definition) is 6. The molecule has 1 aliphatic carbocycles. The maximum absolute atomic E-state index is 12.6. The molecule has 2 aromatic heterocycles. The minimum Gasteiger partial charge on any atom is -0.342 e. The molecule has 0 aromatic carbocycles. The molecule has 1 amide bonds. The number of nitrogens with zero attached hydrogens (tertiary/aromatic N) is 3. The van der Waals surface area contributed by atoms with Gasteiger partial charge in [0.15, 0.2) is 0 Å². The lowest BCUT2D eigenvalue weighted by Gasteiger charge is -2.32. The van der Waals surface area contributed by atoms with Crippen molar-refractivity contribution in [2.45, 2.75) is 50.6 Å². The number of halogens is 1. The number of carbonyl (C=O) groups excluding carboxylic acids is 1. The average molecular weight is 427 g/mol. The van der Waals surface area contributed by atoms with Gasteiger partial charge in [0.05, 0.1) is 5.75 Å². The number of likely N-dealkylation sites (tertiary alicyclic amines) is 1. The molecule has 0 unspecified atom stereocenters. The monoisotopic (exact) mass is 426 g/mol. The number of nitrogens with one attached hydrogen (secondary N) is 1. The smallest absolute Gasteiger partial charge is 0.232 e. The van der Waals surface area contributed by atoms with Crippen LogP contribution in [0.15, 0.2) is 11.4 Å². The van der Waals surface area contributed by atoms with Crippen molar-refractivity contribution in [1.29, 1.82) is 0 Å². The zero-order chi connectivity index (χ0) is 18.1. The minimum atomic E-state index is 0. The number of piperidine rings is 1. The number of rotatable bonds is 6. The van der Waals surface area contributed by atoms with E-state index < -0.39 is 0 Å². The Hall–Kier alpha value is -0.890. The number of aryl methyl sites for hydroxylation is 2. The van der Waals surface area contributed by atoms with Crippen LogP contribution in [0.4, 0.5) is 0 Å². The van der Waals surface area contributed by atoms with Gasteiger partial charge in [0.1, 0.15) is 16.2 Å². The summed E-state index contributed by atoms with van der Waals surface area (Å²) in [6.07, 6.45) is 6.54. The van der Waals surface area contributed by atoms with Crippen molar-refractivity contribution >= 4 is 51.6 Å². The van der Waals surface area contributed by atoms with Crippen molar-refractivity contribution in [1.82, 2.24) is 20.2 Å². The SMILES string of the molecule is Cc1sc2ncnc(SCC(=O)N3CCC(NCC4CC4)CC3)c2c1C.Cl. The van der Waals surface area contributed by atoms with Gasteiger partial charge in [-0.1, -0.05) is 11.8 Å². The van der Waals surface area contributed by atoms with E-state index in [0.29, 0.717) is 11.8 Å². The third-order valence-corrected chi connectivity index (χ3v) is 7.59. The summed E-state index contributed by atoms with van der Waals surface area (Å²) in [5.74, 6) is 1.60.